The molecule has 1 fully saturated rings. The van der Waals surface area contributed by atoms with Gasteiger partial charge in [-0.2, -0.15) is 26.3 Å². The second-order valence-electron chi connectivity index (χ2n) is 7.35. The lowest BCUT2D eigenvalue weighted by Gasteiger charge is -2.22. The van der Waals surface area contributed by atoms with E-state index in [9.17, 15) is 35.9 Å². The first kappa shape index (κ1) is 23.8. The van der Waals surface area contributed by atoms with Crippen LogP contribution < -0.4 is 10.6 Å². The van der Waals surface area contributed by atoms with E-state index < -0.39 is 35.4 Å². The molecule has 32 heavy (non-hydrogen) atoms. The zero-order chi connectivity index (χ0) is 23.7. The van der Waals surface area contributed by atoms with E-state index in [0.717, 1.165) is 42.4 Å². The molecule has 0 spiro atoms. The van der Waals surface area contributed by atoms with Gasteiger partial charge < -0.3 is 10.6 Å². The fraction of sp³-hybridized carbons (Fsp3) is 0.333. The van der Waals surface area contributed by atoms with Crippen LogP contribution >= 0.6 is 11.3 Å². The largest absolute Gasteiger partial charge is 0.416 e. The maximum Gasteiger partial charge on any atom is 0.416 e. The number of alkyl halides is 6. The summed E-state index contributed by atoms with van der Waals surface area (Å²) in [5.41, 5.74) is -1.33. The summed E-state index contributed by atoms with van der Waals surface area (Å²) in [6, 6.07) is 1.87. The maximum absolute atomic E-state index is 13.4. The first-order valence-electron chi connectivity index (χ1n) is 9.48. The summed E-state index contributed by atoms with van der Waals surface area (Å²) >= 11 is 1.08. The molecular formula is C21H18F6N2O2S. The van der Waals surface area contributed by atoms with Gasteiger partial charge in [0.15, 0.2) is 6.04 Å². The SMILES string of the molecule is Cc1cc(/C=C/C(=O)NC(c2cccc(C(F)(F)F)c2)C(F)(F)F)sc1C(=O)NC1CC1. The van der Waals surface area contributed by atoms with Gasteiger partial charge in [-0.3, -0.25) is 9.59 Å². The number of thiophene rings is 1. The molecule has 0 bridgehead atoms. The Balaban J connectivity index is 1.74. The highest BCUT2D eigenvalue weighted by atomic mass is 32.1. The molecule has 1 heterocycles. The zero-order valence-corrected chi connectivity index (χ0v) is 17.4. The Labute approximate surface area is 183 Å². The van der Waals surface area contributed by atoms with Crippen molar-refractivity contribution >= 4 is 29.2 Å². The summed E-state index contributed by atoms with van der Waals surface area (Å²) < 4.78 is 78.9. The van der Waals surface area contributed by atoms with Gasteiger partial charge in [-0.25, -0.2) is 0 Å². The fourth-order valence-electron chi connectivity index (χ4n) is 2.89. The molecule has 0 radical (unpaired) electrons. The molecule has 1 aliphatic rings. The van der Waals surface area contributed by atoms with E-state index in [1.165, 1.54) is 6.08 Å². The number of hydrogen-bond acceptors (Lipinski definition) is 3. The van der Waals surface area contributed by atoms with Gasteiger partial charge in [-0.05, 0) is 55.2 Å². The highest BCUT2D eigenvalue weighted by Gasteiger charge is 2.42. The Kier molecular flexibility index (Phi) is 6.68. The number of carbonyl (C=O) groups excluding carboxylic acids is 2. The Morgan fingerprint density at radius 3 is 2.41 bits per heavy atom. The van der Waals surface area contributed by atoms with Crippen molar-refractivity contribution in [3.8, 4) is 0 Å². The van der Waals surface area contributed by atoms with Crippen molar-refractivity contribution in [3.63, 3.8) is 0 Å². The molecule has 0 aliphatic heterocycles. The molecule has 1 atom stereocenters. The molecule has 3 rings (SSSR count). The van der Waals surface area contributed by atoms with E-state index in [0.29, 0.717) is 27.5 Å². The monoisotopic (exact) mass is 476 g/mol. The number of aryl methyl sites for hydroxylation is 1. The molecule has 1 aromatic heterocycles. The van der Waals surface area contributed by atoms with Crippen molar-refractivity contribution in [2.45, 2.75) is 44.2 Å². The quantitative estimate of drug-likeness (QED) is 0.433. The van der Waals surface area contributed by atoms with Gasteiger partial charge in [-0.1, -0.05) is 12.1 Å². The third-order valence-corrected chi connectivity index (χ3v) is 5.82. The second kappa shape index (κ2) is 8.97. The zero-order valence-electron chi connectivity index (χ0n) is 16.6. The van der Waals surface area contributed by atoms with Crippen LogP contribution in [0.15, 0.2) is 36.4 Å². The fourth-order valence-corrected chi connectivity index (χ4v) is 3.87. The number of amides is 2. The molecule has 1 aromatic carbocycles. The van der Waals surface area contributed by atoms with E-state index >= 15 is 0 Å². The third-order valence-electron chi connectivity index (χ3n) is 4.62. The first-order chi connectivity index (χ1) is 14.8. The highest BCUT2D eigenvalue weighted by molar-refractivity contribution is 7.15. The van der Waals surface area contributed by atoms with Crippen molar-refractivity contribution < 1.29 is 35.9 Å². The Morgan fingerprint density at radius 1 is 1.12 bits per heavy atom. The first-order valence-corrected chi connectivity index (χ1v) is 10.3. The highest BCUT2D eigenvalue weighted by Crippen LogP contribution is 2.36. The number of nitrogens with one attached hydrogen (secondary N) is 2. The van der Waals surface area contributed by atoms with Gasteiger partial charge in [-0.15, -0.1) is 11.3 Å². The Hall–Kier alpha value is -2.82. The van der Waals surface area contributed by atoms with E-state index in [4.69, 9.17) is 0 Å². The summed E-state index contributed by atoms with van der Waals surface area (Å²) in [4.78, 5) is 25.2. The minimum atomic E-state index is -5.01. The van der Waals surface area contributed by atoms with Gasteiger partial charge >= 0.3 is 12.4 Å². The molecule has 1 aliphatic carbocycles. The minimum Gasteiger partial charge on any atom is -0.349 e. The van der Waals surface area contributed by atoms with Crippen molar-refractivity contribution in [1.29, 1.82) is 0 Å². The molecule has 11 heteroatoms. The average molecular weight is 476 g/mol. The van der Waals surface area contributed by atoms with Crippen LogP contribution in [0.2, 0.25) is 0 Å². The van der Waals surface area contributed by atoms with Gasteiger partial charge in [0.05, 0.1) is 10.4 Å². The molecule has 0 saturated heterocycles. The summed E-state index contributed by atoms with van der Waals surface area (Å²) in [6.07, 6.45) is -5.91. The average Bonchev–Trinajstić information content (AvgIpc) is 3.42. The van der Waals surface area contributed by atoms with E-state index in [1.54, 1.807) is 18.3 Å². The van der Waals surface area contributed by atoms with Crippen molar-refractivity contribution in [3.05, 3.63) is 62.9 Å². The van der Waals surface area contributed by atoms with Crippen LogP contribution in [-0.4, -0.2) is 24.0 Å². The van der Waals surface area contributed by atoms with Crippen LogP contribution in [0, 0.1) is 6.92 Å². The number of carbonyl (C=O) groups is 2. The van der Waals surface area contributed by atoms with E-state index in [-0.39, 0.29) is 11.9 Å². The standard InChI is InChI=1S/C21H18F6N2O2S/c1-11-9-15(32-17(11)19(31)28-14-5-6-14)7-8-16(30)29-18(21(25,26)27)12-3-2-4-13(10-12)20(22,23)24/h2-4,7-10,14,18H,5-6H2,1H3,(H,28,31)(H,29,30)/b8-7+. The lowest BCUT2D eigenvalue weighted by atomic mass is 10.0. The number of rotatable bonds is 6. The normalized spacial score (nSPS) is 15.6. The molecule has 4 nitrogen and oxygen atoms in total. The van der Waals surface area contributed by atoms with Crippen LogP contribution in [0.25, 0.3) is 6.08 Å². The Morgan fingerprint density at radius 2 is 1.81 bits per heavy atom. The molecule has 2 aromatic rings. The predicted octanol–water partition coefficient (Wildman–Crippen LogP) is 5.40. The second-order valence-corrected chi connectivity index (χ2v) is 8.43. The summed E-state index contributed by atoms with van der Waals surface area (Å²) in [5.74, 6) is -1.39. The molecule has 1 saturated carbocycles. The van der Waals surface area contributed by atoms with E-state index in [2.05, 4.69) is 5.32 Å². The van der Waals surface area contributed by atoms with Gasteiger partial charge in [0.2, 0.25) is 5.91 Å². The van der Waals surface area contributed by atoms with Crippen LogP contribution in [0.3, 0.4) is 0 Å². The molecule has 2 N–H and O–H groups in total. The minimum absolute atomic E-state index is 0.156. The molecule has 172 valence electrons. The van der Waals surface area contributed by atoms with Crippen molar-refractivity contribution in [2.75, 3.05) is 0 Å². The smallest absolute Gasteiger partial charge is 0.349 e. The summed E-state index contributed by atoms with van der Waals surface area (Å²) in [7, 11) is 0. The third kappa shape index (κ3) is 6.12. The van der Waals surface area contributed by atoms with Crippen LogP contribution in [0.1, 0.15) is 50.1 Å². The molecule has 2 amide bonds. The molecule has 1 unspecified atom stereocenters. The van der Waals surface area contributed by atoms with Crippen LogP contribution in [0.5, 0.6) is 0 Å². The number of hydrogen-bond donors (Lipinski definition) is 2. The van der Waals surface area contributed by atoms with Gasteiger partial charge in [0.1, 0.15) is 0 Å². The van der Waals surface area contributed by atoms with E-state index in [1.807, 2.05) is 0 Å². The van der Waals surface area contributed by atoms with Crippen molar-refractivity contribution in [2.24, 2.45) is 0 Å². The molecular weight excluding hydrogens is 458 g/mol. The van der Waals surface area contributed by atoms with Crippen LogP contribution in [-0.2, 0) is 11.0 Å². The predicted molar refractivity (Wildman–Crippen MR) is 107 cm³/mol. The van der Waals surface area contributed by atoms with Crippen LogP contribution in [0.4, 0.5) is 26.3 Å². The summed E-state index contributed by atoms with van der Waals surface area (Å²) in [6.45, 7) is 1.70. The Bertz CT molecular complexity index is 1040. The lowest BCUT2D eigenvalue weighted by molar-refractivity contribution is -0.162. The topological polar surface area (TPSA) is 58.2 Å². The maximum atomic E-state index is 13.4. The number of halogens is 6. The van der Waals surface area contributed by atoms with Gasteiger partial charge in [0, 0.05) is 17.0 Å². The van der Waals surface area contributed by atoms with Gasteiger partial charge in [0.25, 0.3) is 5.91 Å². The number of benzene rings is 1. The van der Waals surface area contributed by atoms with Crippen molar-refractivity contribution in [1.82, 2.24) is 10.6 Å². The summed E-state index contributed by atoms with van der Waals surface area (Å²) in [5, 5.41) is 4.54. The lowest BCUT2D eigenvalue weighted by Crippen LogP contribution is -2.37.